The zero-order chi connectivity index (χ0) is 19.1. The van der Waals surface area contributed by atoms with Crippen LogP contribution >= 0.6 is 11.3 Å². The van der Waals surface area contributed by atoms with E-state index in [4.69, 9.17) is 9.47 Å². The van der Waals surface area contributed by atoms with Gasteiger partial charge in [0.25, 0.3) is 5.91 Å². The molecule has 2 aromatic rings. The van der Waals surface area contributed by atoms with Crippen molar-refractivity contribution < 1.29 is 19.1 Å². The van der Waals surface area contributed by atoms with Gasteiger partial charge in [-0.25, -0.2) is 4.79 Å². The molecule has 0 unspecified atom stereocenters. The number of esters is 1. The molecule has 26 heavy (non-hydrogen) atoms. The van der Waals surface area contributed by atoms with Gasteiger partial charge in [-0.2, -0.15) is 0 Å². The highest BCUT2D eigenvalue weighted by atomic mass is 32.1. The van der Waals surface area contributed by atoms with Crippen molar-refractivity contribution in [1.29, 1.82) is 0 Å². The fourth-order valence-corrected chi connectivity index (χ4v) is 3.46. The Kier molecular flexibility index (Phi) is 7.21. The summed E-state index contributed by atoms with van der Waals surface area (Å²) < 4.78 is 10.8. The Hall–Kier alpha value is -2.34. The Labute approximate surface area is 158 Å². The smallest absolute Gasteiger partial charge is 0.341 e. The number of aryl methyl sites for hydroxylation is 1. The quantitative estimate of drug-likeness (QED) is 0.683. The van der Waals surface area contributed by atoms with E-state index in [1.165, 1.54) is 11.3 Å². The van der Waals surface area contributed by atoms with Gasteiger partial charge in [0.2, 0.25) is 0 Å². The molecule has 2 rings (SSSR count). The Bertz CT molecular complexity index is 767. The topological polar surface area (TPSA) is 64.6 Å². The van der Waals surface area contributed by atoms with Gasteiger partial charge < -0.3 is 14.8 Å². The third kappa shape index (κ3) is 5.08. The second kappa shape index (κ2) is 9.38. The molecule has 1 aromatic heterocycles. The fraction of sp³-hybridized carbons (Fsp3) is 0.400. The minimum absolute atomic E-state index is 0.120. The highest BCUT2D eigenvalue weighted by Gasteiger charge is 2.19. The Morgan fingerprint density at radius 1 is 1.19 bits per heavy atom. The lowest BCUT2D eigenvalue weighted by atomic mass is 10.0. The monoisotopic (exact) mass is 375 g/mol. The summed E-state index contributed by atoms with van der Waals surface area (Å²) in [5.74, 6) is 0.265. The van der Waals surface area contributed by atoms with Crippen molar-refractivity contribution in [2.24, 2.45) is 0 Å². The summed E-state index contributed by atoms with van der Waals surface area (Å²) in [6.07, 6.45) is 0.783. The van der Waals surface area contributed by atoms with E-state index in [-0.39, 0.29) is 12.5 Å². The summed E-state index contributed by atoms with van der Waals surface area (Å²) in [6.45, 7) is 8.07. The number of amides is 1. The van der Waals surface area contributed by atoms with Gasteiger partial charge in [0.05, 0.1) is 12.2 Å². The lowest BCUT2D eigenvalue weighted by Gasteiger charge is -2.13. The molecule has 140 valence electrons. The summed E-state index contributed by atoms with van der Waals surface area (Å²) in [6, 6.07) is 9.44. The number of hydrogen-bond acceptors (Lipinski definition) is 5. The molecule has 0 saturated heterocycles. The van der Waals surface area contributed by atoms with Gasteiger partial charge in [-0.15, -0.1) is 11.3 Å². The molecule has 0 spiro atoms. The molecule has 0 aliphatic rings. The van der Waals surface area contributed by atoms with Crippen LogP contribution in [0.4, 0.5) is 5.00 Å². The van der Waals surface area contributed by atoms with Gasteiger partial charge in [-0.05, 0) is 37.0 Å². The van der Waals surface area contributed by atoms with Crippen molar-refractivity contribution in [3.8, 4) is 5.75 Å². The van der Waals surface area contributed by atoms with Crippen LogP contribution in [-0.4, -0.2) is 25.1 Å². The van der Waals surface area contributed by atoms with Crippen LogP contribution in [0, 0.1) is 0 Å². The normalized spacial score (nSPS) is 10.7. The number of nitrogens with one attached hydrogen (secondary N) is 1. The standard InChI is InChI=1S/C20H25NO4S/c1-5-14-11-16(20(23)24-6-2)19(26-14)21-18(22)12-25-17-10-8-7-9-15(17)13(3)4/h7-11,13H,5-6,12H2,1-4H3,(H,21,22). The highest BCUT2D eigenvalue weighted by Crippen LogP contribution is 2.30. The van der Waals surface area contributed by atoms with Gasteiger partial charge in [0.15, 0.2) is 6.61 Å². The molecule has 1 amide bonds. The maximum Gasteiger partial charge on any atom is 0.341 e. The van der Waals surface area contributed by atoms with Crippen LogP contribution in [0.25, 0.3) is 0 Å². The first kappa shape index (κ1) is 20.0. The highest BCUT2D eigenvalue weighted by molar-refractivity contribution is 7.16. The molecule has 0 fully saturated rings. The van der Waals surface area contributed by atoms with E-state index in [1.807, 2.05) is 31.2 Å². The Morgan fingerprint density at radius 3 is 2.58 bits per heavy atom. The van der Waals surface area contributed by atoms with Crippen LogP contribution in [-0.2, 0) is 16.0 Å². The van der Waals surface area contributed by atoms with Crippen molar-refractivity contribution in [1.82, 2.24) is 0 Å². The van der Waals surface area contributed by atoms with Crippen LogP contribution in [0.15, 0.2) is 30.3 Å². The van der Waals surface area contributed by atoms with Gasteiger partial charge in [0, 0.05) is 4.88 Å². The molecule has 5 nitrogen and oxygen atoms in total. The fourth-order valence-electron chi connectivity index (χ4n) is 2.46. The number of hydrogen-bond donors (Lipinski definition) is 1. The van der Waals surface area contributed by atoms with Crippen molar-refractivity contribution >= 4 is 28.2 Å². The summed E-state index contributed by atoms with van der Waals surface area (Å²) in [7, 11) is 0. The summed E-state index contributed by atoms with van der Waals surface area (Å²) >= 11 is 1.38. The SMILES string of the molecule is CCOC(=O)c1cc(CC)sc1NC(=O)COc1ccccc1C(C)C. The molecule has 1 aromatic carbocycles. The van der Waals surface area contributed by atoms with Gasteiger partial charge in [-0.3, -0.25) is 4.79 Å². The number of carbonyl (C=O) groups excluding carboxylic acids is 2. The molecule has 1 N–H and O–H groups in total. The number of para-hydroxylation sites is 1. The Balaban J connectivity index is 2.06. The third-order valence-corrected chi connectivity index (χ3v) is 4.97. The first-order valence-corrected chi connectivity index (χ1v) is 9.59. The van der Waals surface area contributed by atoms with E-state index in [0.717, 1.165) is 16.9 Å². The second-order valence-corrected chi connectivity index (χ2v) is 7.20. The van der Waals surface area contributed by atoms with Crippen molar-refractivity contribution in [2.75, 3.05) is 18.5 Å². The molecular formula is C20H25NO4S. The largest absolute Gasteiger partial charge is 0.483 e. The lowest BCUT2D eigenvalue weighted by Crippen LogP contribution is -2.21. The second-order valence-electron chi connectivity index (χ2n) is 6.06. The van der Waals surface area contributed by atoms with E-state index in [0.29, 0.717) is 28.8 Å². The molecule has 0 aliphatic heterocycles. The maximum absolute atomic E-state index is 12.3. The van der Waals surface area contributed by atoms with Gasteiger partial charge >= 0.3 is 5.97 Å². The Morgan fingerprint density at radius 2 is 1.92 bits per heavy atom. The number of thiophene rings is 1. The van der Waals surface area contributed by atoms with Crippen LogP contribution in [0.2, 0.25) is 0 Å². The van der Waals surface area contributed by atoms with Crippen LogP contribution < -0.4 is 10.1 Å². The first-order chi connectivity index (χ1) is 12.5. The average molecular weight is 375 g/mol. The molecule has 1 heterocycles. The van der Waals surface area contributed by atoms with Crippen LogP contribution in [0.3, 0.4) is 0 Å². The van der Waals surface area contributed by atoms with E-state index in [1.54, 1.807) is 13.0 Å². The minimum atomic E-state index is -0.426. The number of rotatable bonds is 8. The van der Waals surface area contributed by atoms with Gasteiger partial charge in [-0.1, -0.05) is 39.0 Å². The predicted octanol–water partition coefficient (Wildman–Crippen LogP) is 4.63. The van der Waals surface area contributed by atoms with E-state index < -0.39 is 5.97 Å². The first-order valence-electron chi connectivity index (χ1n) is 8.77. The van der Waals surface area contributed by atoms with Crippen molar-refractivity contribution in [3.05, 3.63) is 46.3 Å². The molecule has 0 bridgehead atoms. The maximum atomic E-state index is 12.3. The summed E-state index contributed by atoms with van der Waals surface area (Å²) in [4.78, 5) is 25.4. The van der Waals surface area contributed by atoms with Crippen LogP contribution in [0.5, 0.6) is 5.75 Å². The number of anilines is 1. The van der Waals surface area contributed by atoms with Crippen molar-refractivity contribution in [2.45, 2.75) is 40.0 Å². The molecule has 0 atom stereocenters. The van der Waals surface area contributed by atoms with E-state index in [9.17, 15) is 9.59 Å². The summed E-state index contributed by atoms with van der Waals surface area (Å²) in [5.41, 5.74) is 1.45. The zero-order valence-corrected chi connectivity index (χ0v) is 16.4. The zero-order valence-electron chi connectivity index (χ0n) is 15.6. The molecule has 0 aliphatic carbocycles. The summed E-state index contributed by atoms with van der Waals surface area (Å²) in [5, 5.41) is 3.28. The van der Waals surface area contributed by atoms with Crippen LogP contribution in [0.1, 0.15) is 54.4 Å². The van der Waals surface area contributed by atoms with E-state index in [2.05, 4.69) is 19.2 Å². The lowest BCUT2D eigenvalue weighted by molar-refractivity contribution is -0.118. The molecule has 0 saturated carbocycles. The average Bonchev–Trinajstić information content (AvgIpc) is 3.03. The minimum Gasteiger partial charge on any atom is -0.483 e. The number of carbonyl (C=O) groups is 2. The van der Waals surface area contributed by atoms with Gasteiger partial charge in [0.1, 0.15) is 10.8 Å². The molecule has 6 heteroatoms. The predicted molar refractivity (Wildman–Crippen MR) is 104 cm³/mol. The number of ether oxygens (including phenoxy) is 2. The molecular weight excluding hydrogens is 350 g/mol. The van der Waals surface area contributed by atoms with E-state index >= 15 is 0 Å². The van der Waals surface area contributed by atoms with Crippen molar-refractivity contribution in [3.63, 3.8) is 0 Å². The third-order valence-electron chi connectivity index (χ3n) is 3.78. The number of benzene rings is 1. The molecule has 0 radical (unpaired) electrons.